The fourth-order valence-electron chi connectivity index (χ4n) is 5.35. The lowest BCUT2D eigenvalue weighted by molar-refractivity contribution is 0.0755. The van der Waals surface area contributed by atoms with E-state index in [-0.39, 0.29) is 29.8 Å². The van der Waals surface area contributed by atoms with Gasteiger partial charge >= 0.3 is 6.03 Å². The summed E-state index contributed by atoms with van der Waals surface area (Å²) in [5, 5.41) is 17.5. The van der Waals surface area contributed by atoms with Gasteiger partial charge in [-0.25, -0.2) is 9.18 Å². The maximum Gasteiger partial charge on any atom is 0.320 e. The molecule has 5 rings (SSSR count). The quantitative estimate of drug-likeness (QED) is 0.561. The lowest BCUT2D eigenvalue weighted by Crippen LogP contribution is -2.51. The molecule has 3 aromatic rings. The molecule has 2 unspecified atom stereocenters. The Morgan fingerprint density at radius 3 is 2.51 bits per heavy atom. The van der Waals surface area contributed by atoms with Crippen LogP contribution in [0.25, 0.3) is 11.3 Å². The number of piperidine rings is 2. The fourth-order valence-corrected chi connectivity index (χ4v) is 5.35. The van der Waals surface area contributed by atoms with Crippen LogP contribution in [0.1, 0.15) is 54.8 Å². The summed E-state index contributed by atoms with van der Waals surface area (Å²) < 4.78 is 13.7. The minimum Gasteiger partial charge on any atom is -0.393 e. The molecule has 0 bridgehead atoms. The van der Waals surface area contributed by atoms with Crippen LogP contribution in [-0.2, 0) is 6.42 Å². The number of nitrogens with zero attached hydrogens (tertiary/aromatic N) is 3. The Kier molecular flexibility index (Phi) is 6.86. The first-order valence-corrected chi connectivity index (χ1v) is 12.6. The zero-order chi connectivity index (χ0) is 24.4. The number of aryl methyl sites for hydroxylation is 1. The van der Waals surface area contributed by atoms with Gasteiger partial charge in [0.2, 0.25) is 0 Å². The normalized spacial score (nSPS) is 21.3. The lowest BCUT2D eigenvalue weighted by atomic mass is 9.82. The van der Waals surface area contributed by atoms with E-state index in [9.17, 15) is 14.3 Å². The number of halogens is 1. The third-order valence-corrected chi connectivity index (χ3v) is 7.47. The number of hydrogen-bond donors (Lipinski definition) is 2. The average Bonchev–Trinajstić information content (AvgIpc) is 3.39. The van der Waals surface area contributed by atoms with Gasteiger partial charge in [0.05, 0.1) is 11.8 Å². The minimum absolute atomic E-state index is 0.0432. The van der Waals surface area contributed by atoms with Gasteiger partial charge in [-0.15, -0.1) is 0 Å². The number of likely N-dealkylation sites (tertiary alicyclic amines) is 2. The highest BCUT2D eigenvalue weighted by molar-refractivity contribution is 5.75. The van der Waals surface area contributed by atoms with Crippen molar-refractivity contribution in [2.45, 2.75) is 50.5 Å². The number of aromatic amines is 1. The Morgan fingerprint density at radius 1 is 1.06 bits per heavy atom. The van der Waals surface area contributed by atoms with Gasteiger partial charge in [0.1, 0.15) is 5.82 Å². The Labute approximate surface area is 205 Å². The molecule has 2 aliphatic rings. The molecule has 0 saturated carbocycles. The number of aliphatic hydroxyl groups excluding tert-OH is 1. The van der Waals surface area contributed by atoms with E-state index in [2.05, 4.69) is 41.4 Å². The van der Waals surface area contributed by atoms with Crippen LogP contribution in [0, 0.1) is 5.82 Å². The number of aromatic nitrogens is 2. The molecular formula is C28H33FN4O2. The van der Waals surface area contributed by atoms with Gasteiger partial charge in [-0.1, -0.05) is 43.3 Å². The Morgan fingerprint density at radius 2 is 1.80 bits per heavy atom. The van der Waals surface area contributed by atoms with Gasteiger partial charge in [0, 0.05) is 49.3 Å². The van der Waals surface area contributed by atoms with Crippen molar-refractivity contribution in [3.05, 3.63) is 77.2 Å². The van der Waals surface area contributed by atoms with Gasteiger partial charge < -0.3 is 14.9 Å². The Hall–Kier alpha value is -3.19. The fraction of sp³-hybridized carbons (Fsp3) is 0.429. The molecule has 2 aromatic carbocycles. The maximum atomic E-state index is 13.7. The highest BCUT2D eigenvalue weighted by Crippen LogP contribution is 2.37. The van der Waals surface area contributed by atoms with Gasteiger partial charge in [0.25, 0.3) is 0 Å². The second-order valence-corrected chi connectivity index (χ2v) is 9.85. The highest BCUT2D eigenvalue weighted by Gasteiger charge is 2.35. The van der Waals surface area contributed by atoms with Crippen LogP contribution >= 0.6 is 0 Å². The SMILES string of the molecule is CCc1ccc(C2CC(c3cc(-c4cccc(F)c4)n[nH]3)CN(C(=O)N3CCC(O)CC3)C2)cc1. The molecule has 0 spiro atoms. The molecule has 0 aliphatic carbocycles. The number of carbonyl (C=O) groups excluding carboxylic acids is 1. The van der Waals surface area contributed by atoms with Crippen molar-refractivity contribution >= 4 is 6.03 Å². The number of H-pyrrole nitrogens is 1. The molecule has 7 heteroatoms. The van der Waals surface area contributed by atoms with Crippen LogP contribution in [0.3, 0.4) is 0 Å². The van der Waals surface area contributed by atoms with E-state index in [0.717, 1.165) is 24.1 Å². The van der Waals surface area contributed by atoms with Crippen molar-refractivity contribution in [2.75, 3.05) is 26.2 Å². The van der Waals surface area contributed by atoms with Crippen molar-refractivity contribution in [2.24, 2.45) is 0 Å². The first-order chi connectivity index (χ1) is 17.0. The molecule has 2 N–H and O–H groups in total. The zero-order valence-corrected chi connectivity index (χ0v) is 20.2. The summed E-state index contributed by atoms with van der Waals surface area (Å²) in [6.45, 7) is 4.60. The molecular weight excluding hydrogens is 443 g/mol. The van der Waals surface area contributed by atoms with Crippen molar-refractivity contribution in [3.63, 3.8) is 0 Å². The first kappa shape index (κ1) is 23.5. The second-order valence-electron chi connectivity index (χ2n) is 9.85. The minimum atomic E-state index is -0.316. The first-order valence-electron chi connectivity index (χ1n) is 12.6. The number of hydrogen-bond acceptors (Lipinski definition) is 3. The van der Waals surface area contributed by atoms with E-state index in [1.165, 1.54) is 23.3 Å². The summed E-state index contributed by atoms with van der Waals surface area (Å²) >= 11 is 0. The largest absolute Gasteiger partial charge is 0.393 e. The summed E-state index contributed by atoms with van der Waals surface area (Å²) in [4.78, 5) is 17.3. The molecule has 2 aliphatic heterocycles. The van der Waals surface area contributed by atoms with Crippen molar-refractivity contribution < 1.29 is 14.3 Å². The third kappa shape index (κ3) is 5.25. The predicted molar refractivity (Wildman–Crippen MR) is 134 cm³/mol. The van der Waals surface area contributed by atoms with E-state index < -0.39 is 0 Å². The summed E-state index contributed by atoms with van der Waals surface area (Å²) in [5.41, 5.74) is 4.94. The number of rotatable bonds is 4. The number of nitrogens with one attached hydrogen (secondary N) is 1. The Bertz CT molecular complexity index is 1150. The monoisotopic (exact) mass is 476 g/mol. The predicted octanol–water partition coefficient (Wildman–Crippen LogP) is 4.93. The molecule has 2 atom stereocenters. The molecule has 1 aromatic heterocycles. The summed E-state index contributed by atoms with van der Waals surface area (Å²) in [6.07, 6.45) is 2.84. The van der Waals surface area contributed by atoms with Crippen LogP contribution < -0.4 is 0 Å². The van der Waals surface area contributed by atoms with E-state index in [4.69, 9.17) is 0 Å². The molecule has 2 saturated heterocycles. The van der Waals surface area contributed by atoms with Crippen molar-refractivity contribution in [3.8, 4) is 11.3 Å². The number of urea groups is 1. The van der Waals surface area contributed by atoms with E-state index in [1.807, 2.05) is 21.9 Å². The smallest absolute Gasteiger partial charge is 0.320 e. The molecule has 2 amide bonds. The van der Waals surface area contributed by atoms with Crippen LogP contribution in [0.2, 0.25) is 0 Å². The van der Waals surface area contributed by atoms with Gasteiger partial charge in [-0.3, -0.25) is 5.10 Å². The maximum absolute atomic E-state index is 13.7. The van der Waals surface area contributed by atoms with Crippen LogP contribution in [0.15, 0.2) is 54.6 Å². The number of aliphatic hydroxyl groups is 1. The highest BCUT2D eigenvalue weighted by atomic mass is 19.1. The molecule has 6 nitrogen and oxygen atoms in total. The van der Waals surface area contributed by atoms with Crippen molar-refractivity contribution in [1.82, 2.24) is 20.0 Å². The molecule has 3 heterocycles. The Balaban J connectivity index is 1.40. The molecule has 35 heavy (non-hydrogen) atoms. The summed E-state index contributed by atoms with van der Waals surface area (Å²) in [5.74, 6) is 0.0115. The number of amides is 2. The van der Waals surface area contributed by atoms with E-state index in [1.54, 1.807) is 6.07 Å². The molecule has 0 radical (unpaired) electrons. The summed E-state index contributed by atoms with van der Waals surface area (Å²) in [6, 6.07) is 17.2. The summed E-state index contributed by atoms with van der Waals surface area (Å²) in [7, 11) is 0. The molecule has 184 valence electrons. The van der Waals surface area contributed by atoms with Crippen molar-refractivity contribution in [1.29, 1.82) is 0 Å². The topological polar surface area (TPSA) is 72.5 Å². The lowest BCUT2D eigenvalue weighted by Gasteiger charge is -2.41. The van der Waals surface area contributed by atoms with Crippen LogP contribution in [0.4, 0.5) is 9.18 Å². The van der Waals surface area contributed by atoms with Gasteiger partial charge in [-0.05, 0) is 55.0 Å². The average molecular weight is 477 g/mol. The third-order valence-electron chi connectivity index (χ3n) is 7.47. The standard InChI is InChI=1S/C28H33FN4O2/c1-2-19-6-8-20(9-7-19)22-14-23(18-33(17-22)28(35)32-12-10-25(34)11-13-32)27-16-26(30-31-27)21-4-3-5-24(29)15-21/h3-9,15-16,22-23,25,34H,2,10-14,17-18H2,1H3,(H,30,31). The van der Waals surface area contributed by atoms with E-state index >= 15 is 0 Å². The van der Waals surface area contributed by atoms with Gasteiger partial charge in [0.15, 0.2) is 0 Å². The zero-order valence-electron chi connectivity index (χ0n) is 20.2. The van der Waals surface area contributed by atoms with Crippen LogP contribution in [0.5, 0.6) is 0 Å². The number of carbonyl (C=O) groups is 1. The second kappa shape index (κ2) is 10.2. The molecule has 2 fully saturated rings. The number of benzene rings is 2. The van der Waals surface area contributed by atoms with E-state index in [0.29, 0.717) is 44.7 Å². The van der Waals surface area contributed by atoms with Crippen LogP contribution in [-0.4, -0.2) is 63.4 Å². The van der Waals surface area contributed by atoms with Gasteiger partial charge in [-0.2, -0.15) is 5.10 Å².